The van der Waals surface area contributed by atoms with E-state index in [0.717, 1.165) is 25.0 Å². The lowest BCUT2D eigenvalue weighted by atomic mass is 9.96. The second-order valence-electron chi connectivity index (χ2n) is 5.35. The Morgan fingerprint density at radius 1 is 1.45 bits per heavy atom. The number of nitrogens with two attached hydrogens (primary N) is 1. The Labute approximate surface area is 120 Å². The van der Waals surface area contributed by atoms with Crippen LogP contribution in [0.5, 0.6) is 0 Å². The summed E-state index contributed by atoms with van der Waals surface area (Å²) in [5.41, 5.74) is 7.87. The van der Waals surface area contributed by atoms with Gasteiger partial charge in [-0.1, -0.05) is 19.8 Å². The summed E-state index contributed by atoms with van der Waals surface area (Å²) in [5.74, 6) is -0.137. The fraction of sp³-hybridized carbons (Fsp3) is 0.786. The molecule has 6 heteroatoms. The highest BCUT2D eigenvalue weighted by Crippen LogP contribution is 2.28. The molecule has 1 heterocycles. The van der Waals surface area contributed by atoms with Gasteiger partial charge in [0, 0.05) is 5.71 Å². The Bertz CT molecular complexity index is 369. The largest absolute Gasteiger partial charge is 0.462 e. The summed E-state index contributed by atoms with van der Waals surface area (Å²) >= 11 is 0. The van der Waals surface area contributed by atoms with E-state index in [4.69, 9.17) is 10.5 Å². The minimum absolute atomic E-state index is 0.0413. The lowest BCUT2D eigenvalue weighted by molar-refractivity contribution is -0.144. The Morgan fingerprint density at radius 2 is 2.20 bits per heavy atom. The van der Waals surface area contributed by atoms with Gasteiger partial charge in [0.2, 0.25) is 0 Å². The third kappa shape index (κ3) is 6.04. The number of ether oxygens (including phenoxy) is 1. The maximum Gasteiger partial charge on any atom is 0.332 e. The molecule has 6 nitrogen and oxygen atoms in total. The number of esters is 1. The first-order chi connectivity index (χ1) is 9.52. The van der Waals surface area contributed by atoms with Gasteiger partial charge in [-0.05, 0) is 39.0 Å². The predicted molar refractivity (Wildman–Crippen MR) is 77.2 cm³/mol. The molecule has 2 amide bonds. The first-order valence-corrected chi connectivity index (χ1v) is 7.32. The van der Waals surface area contributed by atoms with E-state index in [0.29, 0.717) is 12.8 Å². The number of hydrazone groups is 1. The third-order valence-electron chi connectivity index (χ3n) is 3.50. The third-order valence-corrected chi connectivity index (χ3v) is 3.50. The zero-order valence-electron chi connectivity index (χ0n) is 12.4. The van der Waals surface area contributed by atoms with Crippen LogP contribution in [0.3, 0.4) is 0 Å². The molecule has 3 N–H and O–H groups in total. The second kappa shape index (κ2) is 8.55. The number of hydrogen-bond donors (Lipinski definition) is 2. The van der Waals surface area contributed by atoms with Crippen LogP contribution in [0.1, 0.15) is 58.8 Å². The molecule has 0 spiro atoms. The van der Waals surface area contributed by atoms with E-state index in [1.807, 2.05) is 0 Å². The molecule has 1 aliphatic heterocycles. The quantitative estimate of drug-likeness (QED) is 0.310. The molecule has 0 bridgehead atoms. The van der Waals surface area contributed by atoms with Crippen LogP contribution in [-0.4, -0.2) is 23.8 Å². The molecule has 0 unspecified atom stereocenters. The van der Waals surface area contributed by atoms with Crippen molar-refractivity contribution in [1.29, 1.82) is 0 Å². The standard InChI is InChI=1S/C14H25N3O3/c1-3-4-5-6-12-9-11(13(18)20-12)8-7-10(2)16-17-14(15)19/h11-12H,3-9H2,1-2H3,(H3,15,17,19)/b16-10-/t11-,12+/m0/s1. The summed E-state index contributed by atoms with van der Waals surface area (Å²) in [6.45, 7) is 3.96. The Kier molecular flexibility index (Phi) is 7.04. The van der Waals surface area contributed by atoms with Crippen molar-refractivity contribution in [2.24, 2.45) is 16.8 Å². The SMILES string of the molecule is CCCCC[C@@H]1C[C@H](CC/C(C)=N\NC(N)=O)C(=O)O1. The molecule has 2 atom stereocenters. The molecule has 0 radical (unpaired) electrons. The van der Waals surface area contributed by atoms with Crippen molar-refractivity contribution < 1.29 is 14.3 Å². The topological polar surface area (TPSA) is 93.8 Å². The van der Waals surface area contributed by atoms with Crippen LogP contribution < -0.4 is 11.2 Å². The van der Waals surface area contributed by atoms with E-state index in [1.54, 1.807) is 6.92 Å². The fourth-order valence-corrected chi connectivity index (χ4v) is 2.35. The molecule has 1 aliphatic rings. The van der Waals surface area contributed by atoms with Crippen LogP contribution in [0.25, 0.3) is 0 Å². The van der Waals surface area contributed by atoms with Crippen molar-refractivity contribution in [3.8, 4) is 0 Å². The summed E-state index contributed by atoms with van der Waals surface area (Å²) in [5, 5.41) is 3.83. The van der Waals surface area contributed by atoms with Gasteiger partial charge in [-0.3, -0.25) is 4.79 Å². The van der Waals surface area contributed by atoms with Gasteiger partial charge in [0.05, 0.1) is 5.92 Å². The molecule has 114 valence electrons. The van der Waals surface area contributed by atoms with Crippen molar-refractivity contribution in [2.75, 3.05) is 0 Å². The second-order valence-corrected chi connectivity index (χ2v) is 5.35. The molecule has 0 aromatic rings. The number of urea groups is 1. The minimum Gasteiger partial charge on any atom is -0.462 e. The van der Waals surface area contributed by atoms with Crippen molar-refractivity contribution in [3.05, 3.63) is 0 Å². The minimum atomic E-state index is -0.680. The fourth-order valence-electron chi connectivity index (χ4n) is 2.35. The summed E-state index contributed by atoms with van der Waals surface area (Å²) in [6.07, 6.45) is 6.69. The zero-order chi connectivity index (χ0) is 15.0. The number of cyclic esters (lactones) is 1. The van der Waals surface area contributed by atoms with Crippen molar-refractivity contribution in [3.63, 3.8) is 0 Å². The van der Waals surface area contributed by atoms with Crippen LogP contribution in [-0.2, 0) is 9.53 Å². The average Bonchev–Trinajstić information content (AvgIpc) is 2.75. The number of carbonyl (C=O) groups is 2. The number of hydrogen-bond acceptors (Lipinski definition) is 4. The van der Waals surface area contributed by atoms with E-state index in [-0.39, 0.29) is 18.0 Å². The van der Waals surface area contributed by atoms with E-state index in [1.165, 1.54) is 12.8 Å². The Hall–Kier alpha value is -1.59. The lowest BCUT2D eigenvalue weighted by Crippen LogP contribution is -2.25. The summed E-state index contributed by atoms with van der Waals surface area (Å²) in [4.78, 5) is 22.3. The average molecular weight is 283 g/mol. The van der Waals surface area contributed by atoms with E-state index in [9.17, 15) is 9.59 Å². The maximum atomic E-state index is 11.7. The smallest absolute Gasteiger partial charge is 0.332 e. The molecule has 0 aliphatic carbocycles. The molecule has 20 heavy (non-hydrogen) atoms. The van der Waals surface area contributed by atoms with Crippen LogP contribution in [0.15, 0.2) is 5.10 Å². The summed E-state index contributed by atoms with van der Waals surface area (Å²) in [6, 6.07) is -0.680. The van der Waals surface area contributed by atoms with Gasteiger partial charge >= 0.3 is 12.0 Å². The Balaban J connectivity index is 2.28. The van der Waals surface area contributed by atoms with Crippen molar-refractivity contribution in [2.45, 2.75) is 64.9 Å². The number of carbonyl (C=O) groups excluding carboxylic acids is 2. The molecule has 0 aromatic carbocycles. The van der Waals surface area contributed by atoms with Gasteiger partial charge in [0.25, 0.3) is 0 Å². The molecule has 0 saturated carbocycles. The highest BCUT2D eigenvalue weighted by atomic mass is 16.5. The van der Waals surface area contributed by atoms with Crippen molar-refractivity contribution >= 4 is 17.7 Å². The number of nitrogens with zero attached hydrogens (tertiary/aromatic N) is 1. The number of nitrogens with one attached hydrogen (secondary N) is 1. The first kappa shape index (κ1) is 16.5. The molecule has 1 fully saturated rings. The van der Waals surface area contributed by atoms with Gasteiger partial charge < -0.3 is 10.5 Å². The zero-order valence-corrected chi connectivity index (χ0v) is 12.4. The first-order valence-electron chi connectivity index (χ1n) is 7.32. The monoisotopic (exact) mass is 283 g/mol. The number of unbranched alkanes of at least 4 members (excludes halogenated alkanes) is 2. The van der Waals surface area contributed by atoms with Crippen LogP contribution in [0.2, 0.25) is 0 Å². The lowest BCUT2D eigenvalue weighted by Gasteiger charge is -2.07. The predicted octanol–water partition coefficient (Wildman–Crippen LogP) is 2.32. The van der Waals surface area contributed by atoms with E-state index < -0.39 is 6.03 Å². The maximum absolute atomic E-state index is 11.7. The molecular formula is C14H25N3O3. The Morgan fingerprint density at radius 3 is 2.85 bits per heavy atom. The normalized spacial score (nSPS) is 22.7. The van der Waals surface area contributed by atoms with Crippen LogP contribution in [0, 0.1) is 5.92 Å². The van der Waals surface area contributed by atoms with Gasteiger partial charge in [-0.25, -0.2) is 10.2 Å². The van der Waals surface area contributed by atoms with Gasteiger partial charge in [0.1, 0.15) is 6.10 Å². The van der Waals surface area contributed by atoms with E-state index >= 15 is 0 Å². The number of amides is 2. The van der Waals surface area contributed by atoms with Gasteiger partial charge in [-0.15, -0.1) is 0 Å². The van der Waals surface area contributed by atoms with Crippen molar-refractivity contribution in [1.82, 2.24) is 5.43 Å². The summed E-state index contributed by atoms with van der Waals surface area (Å²) in [7, 11) is 0. The number of rotatable bonds is 8. The molecule has 1 saturated heterocycles. The van der Waals surface area contributed by atoms with Gasteiger partial charge in [-0.2, -0.15) is 5.10 Å². The molecular weight excluding hydrogens is 258 g/mol. The highest BCUT2D eigenvalue weighted by Gasteiger charge is 2.33. The molecule has 1 rings (SSSR count). The van der Waals surface area contributed by atoms with Crippen LogP contribution in [0.4, 0.5) is 4.79 Å². The summed E-state index contributed by atoms with van der Waals surface area (Å²) < 4.78 is 5.38. The van der Waals surface area contributed by atoms with Crippen LogP contribution >= 0.6 is 0 Å². The number of primary amides is 1. The molecule has 0 aromatic heterocycles. The highest BCUT2D eigenvalue weighted by molar-refractivity contribution is 5.84. The van der Waals surface area contributed by atoms with E-state index in [2.05, 4.69) is 17.5 Å². The van der Waals surface area contributed by atoms with Gasteiger partial charge in [0.15, 0.2) is 0 Å².